The van der Waals surface area contributed by atoms with Crippen molar-refractivity contribution in [3.63, 3.8) is 0 Å². The van der Waals surface area contributed by atoms with E-state index >= 15 is 0 Å². The van der Waals surface area contributed by atoms with Crippen LogP contribution in [0.5, 0.6) is 0 Å². The van der Waals surface area contributed by atoms with Crippen LogP contribution in [0, 0.1) is 11.8 Å². The minimum absolute atomic E-state index is 0.0177. The van der Waals surface area contributed by atoms with Gasteiger partial charge in [-0.3, -0.25) is 4.79 Å². The first-order chi connectivity index (χ1) is 8.73. The maximum atomic E-state index is 12.2. The number of rotatable bonds is 4. The first kappa shape index (κ1) is 16.3. The Labute approximate surface area is 112 Å². The molecule has 0 aromatic carbocycles. The first-order valence-corrected chi connectivity index (χ1v) is 6.80. The third-order valence-corrected chi connectivity index (χ3v) is 3.67. The molecule has 112 valence electrons. The third-order valence-electron chi connectivity index (χ3n) is 3.67. The summed E-state index contributed by atoms with van der Waals surface area (Å²) in [5.41, 5.74) is 0. The number of nitrogens with one attached hydrogen (secondary N) is 1. The molecule has 1 saturated heterocycles. The molecule has 1 heterocycles. The second kappa shape index (κ2) is 6.59. The zero-order valence-corrected chi connectivity index (χ0v) is 11.8. The van der Waals surface area contributed by atoms with Crippen LogP contribution in [0.15, 0.2) is 0 Å². The van der Waals surface area contributed by atoms with Gasteiger partial charge in [0.05, 0.1) is 6.54 Å². The predicted molar refractivity (Wildman–Crippen MR) is 67.7 cm³/mol. The van der Waals surface area contributed by atoms with Crippen molar-refractivity contribution >= 4 is 5.91 Å². The van der Waals surface area contributed by atoms with Crippen molar-refractivity contribution in [2.24, 2.45) is 11.8 Å². The van der Waals surface area contributed by atoms with Crippen LogP contribution in [-0.4, -0.2) is 42.7 Å². The Hall–Kier alpha value is -0.780. The summed E-state index contributed by atoms with van der Waals surface area (Å²) in [7, 11) is 0. The highest BCUT2D eigenvalue weighted by Crippen LogP contribution is 2.25. The van der Waals surface area contributed by atoms with E-state index in [-0.39, 0.29) is 17.9 Å². The lowest BCUT2D eigenvalue weighted by atomic mass is 9.85. The normalized spacial score (nSPS) is 24.9. The molecule has 1 rings (SSSR count). The largest absolute Gasteiger partial charge is 0.401 e. The van der Waals surface area contributed by atoms with Gasteiger partial charge in [-0.25, -0.2) is 0 Å². The summed E-state index contributed by atoms with van der Waals surface area (Å²) in [6.07, 6.45) is -3.11. The Morgan fingerprint density at radius 3 is 2.47 bits per heavy atom. The van der Waals surface area contributed by atoms with Gasteiger partial charge in [-0.05, 0) is 18.3 Å². The molecule has 0 bridgehead atoms. The molecule has 1 aliphatic rings. The molecule has 1 N–H and O–H groups in total. The molecular weight excluding hydrogens is 257 g/mol. The van der Waals surface area contributed by atoms with Gasteiger partial charge in [0.25, 0.3) is 0 Å². The smallest absolute Gasteiger partial charge is 0.341 e. The van der Waals surface area contributed by atoms with Crippen molar-refractivity contribution in [2.45, 2.75) is 45.8 Å². The van der Waals surface area contributed by atoms with E-state index in [4.69, 9.17) is 0 Å². The standard InChI is InChI=1S/C13H23F3N2O/c1-4-12(19)18-6-10(9(2)3)5-11(7-18)17-8-13(14,15)16/h9-11,17H,4-8H2,1-3H3. The Morgan fingerprint density at radius 1 is 1.37 bits per heavy atom. The highest BCUT2D eigenvalue weighted by atomic mass is 19.4. The van der Waals surface area contributed by atoms with E-state index in [9.17, 15) is 18.0 Å². The van der Waals surface area contributed by atoms with Crippen molar-refractivity contribution in [3.8, 4) is 0 Å². The Balaban J connectivity index is 2.62. The summed E-state index contributed by atoms with van der Waals surface area (Å²) >= 11 is 0. The van der Waals surface area contributed by atoms with Crippen molar-refractivity contribution < 1.29 is 18.0 Å². The number of piperidine rings is 1. The summed E-state index contributed by atoms with van der Waals surface area (Å²) < 4.78 is 36.7. The van der Waals surface area contributed by atoms with Gasteiger partial charge in [-0.1, -0.05) is 20.8 Å². The summed E-state index contributed by atoms with van der Waals surface area (Å²) in [4.78, 5) is 13.5. The lowest BCUT2D eigenvalue weighted by Gasteiger charge is -2.40. The third kappa shape index (κ3) is 5.38. The van der Waals surface area contributed by atoms with Gasteiger partial charge in [-0.2, -0.15) is 13.2 Å². The number of hydrogen-bond acceptors (Lipinski definition) is 2. The molecule has 0 aliphatic carbocycles. The van der Waals surface area contributed by atoms with Crippen LogP contribution in [0.3, 0.4) is 0 Å². The molecule has 6 heteroatoms. The molecule has 2 atom stereocenters. The second-order valence-electron chi connectivity index (χ2n) is 5.59. The number of carbonyl (C=O) groups is 1. The lowest BCUT2D eigenvalue weighted by Crippen LogP contribution is -2.53. The molecule has 1 aliphatic heterocycles. The second-order valence-corrected chi connectivity index (χ2v) is 5.59. The molecule has 0 saturated carbocycles. The molecule has 0 aromatic heterocycles. The van der Waals surface area contributed by atoms with E-state index in [0.29, 0.717) is 31.8 Å². The molecule has 1 fully saturated rings. The molecule has 0 spiro atoms. The number of amides is 1. The molecule has 0 radical (unpaired) electrons. The molecule has 19 heavy (non-hydrogen) atoms. The quantitative estimate of drug-likeness (QED) is 0.857. The SMILES string of the molecule is CCC(=O)N1CC(NCC(F)(F)F)CC(C(C)C)C1. The maximum Gasteiger partial charge on any atom is 0.401 e. The molecule has 1 amide bonds. The average Bonchev–Trinajstić information content (AvgIpc) is 2.34. The number of halogens is 3. The predicted octanol–water partition coefficient (Wildman–Crippen LogP) is 2.42. The van der Waals surface area contributed by atoms with Crippen LogP contribution in [0.2, 0.25) is 0 Å². The topological polar surface area (TPSA) is 32.3 Å². The Kier molecular flexibility index (Phi) is 5.64. The number of carbonyl (C=O) groups excluding carboxylic acids is 1. The van der Waals surface area contributed by atoms with Crippen LogP contribution in [0.25, 0.3) is 0 Å². The van der Waals surface area contributed by atoms with Crippen molar-refractivity contribution in [3.05, 3.63) is 0 Å². The first-order valence-electron chi connectivity index (χ1n) is 6.80. The van der Waals surface area contributed by atoms with Crippen molar-refractivity contribution in [1.29, 1.82) is 0 Å². The zero-order valence-electron chi connectivity index (χ0n) is 11.8. The minimum Gasteiger partial charge on any atom is -0.341 e. The van der Waals surface area contributed by atoms with Gasteiger partial charge >= 0.3 is 6.18 Å². The van der Waals surface area contributed by atoms with Gasteiger partial charge in [0.15, 0.2) is 0 Å². The van der Waals surface area contributed by atoms with E-state index in [0.717, 1.165) is 0 Å². The molecule has 3 nitrogen and oxygen atoms in total. The summed E-state index contributed by atoms with van der Waals surface area (Å²) in [5.74, 6) is 0.641. The zero-order chi connectivity index (χ0) is 14.6. The monoisotopic (exact) mass is 280 g/mol. The fourth-order valence-electron chi connectivity index (χ4n) is 2.46. The highest BCUT2D eigenvalue weighted by Gasteiger charge is 2.34. The fraction of sp³-hybridized carbons (Fsp3) is 0.923. The van der Waals surface area contributed by atoms with Crippen LogP contribution in [0.1, 0.15) is 33.6 Å². The summed E-state index contributed by atoms with van der Waals surface area (Å²) in [6, 6.07) is -0.265. The van der Waals surface area contributed by atoms with E-state index in [1.165, 1.54) is 0 Å². The van der Waals surface area contributed by atoms with Gasteiger partial charge in [0.1, 0.15) is 0 Å². The minimum atomic E-state index is -4.20. The Bertz CT molecular complexity index is 305. The summed E-state index contributed by atoms with van der Waals surface area (Å²) in [6.45, 7) is 5.92. The molecule has 0 aromatic rings. The van der Waals surface area contributed by atoms with Crippen LogP contribution in [-0.2, 0) is 4.79 Å². The maximum absolute atomic E-state index is 12.2. The van der Waals surface area contributed by atoms with Crippen molar-refractivity contribution in [2.75, 3.05) is 19.6 Å². The number of hydrogen-bond donors (Lipinski definition) is 1. The van der Waals surface area contributed by atoms with E-state index in [1.807, 2.05) is 13.8 Å². The van der Waals surface area contributed by atoms with E-state index in [2.05, 4.69) is 5.32 Å². The highest BCUT2D eigenvalue weighted by molar-refractivity contribution is 5.76. The van der Waals surface area contributed by atoms with Crippen molar-refractivity contribution in [1.82, 2.24) is 10.2 Å². The van der Waals surface area contributed by atoms with Crippen LogP contribution < -0.4 is 5.32 Å². The number of nitrogens with zero attached hydrogens (tertiary/aromatic N) is 1. The van der Waals surface area contributed by atoms with Crippen LogP contribution in [0.4, 0.5) is 13.2 Å². The average molecular weight is 280 g/mol. The number of likely N-dealkylation sites (tertiary alicyclic amines) is 1. The van der Waals surface area contributed by atoms with Gasteiger partial charge in [0.2, 0.25) is 5.91 Å². The van der Waals surface area contributed by atoms with E-state index < -0.39 is 12.7 Å². The summed E-state index contributed by atoms with van der Waals surface area (Å²) in [5, 5.41) is 2.54. The molecular formula is C13H23F3N2O. The number of alkyl halides is 3. The van der Waals surface area contributed by atoms with E-state index in [1.54, 1.807) is 11.8 Å². The van der Waals surface area contributed by atoms with Gasteiger partial charge in [0, 0.05) is 25.6 Å². The lowest BCUT2D eigenvalue weighted by molar-refractivity contribution is -0.135. The van der Waals surface area contributed by atoms with Gasteiger partial charge < -0.3 is 10.2 Å². The Morgan fingerprint density at radius 2 is 2.00 bits per heavy atom. The van der Waals surface area contributed by atoms with Crippen LogP contribution >= 0.6 is 0 Å². The van der Waals surface area contributed by atoms with Gasteiger partial charge in [-0.15, -0.1) is 0 Å². The molecule has 2 unspecified atom stereocenters. The fourth-order valence-corrected chi connectivity index (χ4v) is 2.46.